The summed E-state index contributed by atoms with van der Waals surface area (Å²) in [5, 5.41) is 3.86. The van der Waals surface area contributed by atoms with Gasteiger partial charge in [0.2, 0.25) is 0 Å². The van der Waals surface area contributed by atoms with Gasteiger partial charge in [0.05, 0.1) is 6.61 Å². The summed E-state index contributed by atoms with van der Waals surface area (Å²) in [6.45, 7) is 4.92. The zero-order valence-electron chi connectivity index (χ0n) is 11.0. The monoisotopic (exact) mass is 254 g/mol. The lowest BCUT2D eigenvalue weighted by molar-refractivity contribution is -0.161. The Morgan fingerprint density at radius 1 is 1.44 bits per heavy atom. The van der Waals surface area contributed by atoms with Gasteiger partial charge in [-0.1, -0.05) is 17.3 Å². The van der Waals surface area contributed by atoms with E-state index >= 15 is 0 Å². The lowest BCUT2D eigenvalue weighted by atomic mass is 10.2. The van der Waals surface area contributed by atoms with Crippen LogP contribution in [0.25, 0.3) is 0 Å². The number of hydrogen-bond acceptors (Lipinski definition) is 5. The molecule has 18 heavy (non-hydrogen) atoms. The number of amidine groups is 1. The van der Waals surface area contributed by atoms with Crippen molar-refractivity contribution in [1.82, 2.24) is 4.90 Å². The molecule has 0 radical (unpaired) electrons. The number of hydrogen-bond donors (Lipinski definition) is 0. The zero-order chi connectivity index (χ0) is 12.6. The topological polar surface area (TPSA) is 43.3 Å². The van der Waals surface area contributed by atoms with Gasteiger partial charge in [-0.3, -0.25) is 0 Å². The number of ether oxygens (including phenoxy) is 2. The van der Waals surface area contributed by atoms with Crippen LogP contribution in [0.1, 0.15) is 32.6 Å². The van der Waals surface area contributed by atoms with E-state index in [0.29, 0.717) is 6.73 Å². The molecule has 2 heterocycles. The Kier molecular flexibility index (Phi) is 5.48. The van der Waals surface area contributed by atoms with Gasteiger partial charge in [-0.15, -0.1) is 0 Å². The molecule has 1 saturated heterocycles. The fourth-order valence-corrected chi connectivity index (χ4v) is 1.96. The molecule has 0 spiro atoms. The minimum atomic E-state index is 0.0218. The van der Waals surface area contributed by atoms with E-state index in [2.05, 4.69) is 22.2 Å². The fraction of sp³-hybridized carbons (Fsp3) is 0.769. The minimum Gasteiger partial charge on any atom is -0.372 e. The SMILES string of the molecule is CC1=NOCN1CC=CCCOC1CCCCO1. The standard InChI is InChI=1S/C13H22N2O3/c1-12-14-18-11-15(12)8-4-2-5-9-16-13-7-3-6-10-17-13/h2,4,13H,3,5-11H2,1H3. The minimum absolute atomic E-state index is 0.0218. The molecule has 0 amide bonds. The van der Waals surface area contributed by atoms with E-state index in [4.69, 9.17) is 14.3 Å². The van der Waals surface area contributed by atoms with Crippen LogP contribution in [0.5, 0.6) is 0 Å². The van der Waals surface area contributed by atoms with Gasteiger partial charge in [0.25, 0.3) is 0 Å². The van der Waals surface area contributed by atoms with E-state index in [-0.39, 0.29) is 6.29 Å². The van der Waals surface area contributed by atoms with Gasteiger partial charge in [0.15, 0.2) is 13.0 Å². The van der Waals surface area contributed by atoms with Gasteiger partial charge < -0.3 is 19.2 Å². The smallest absolute Gasteiger partial charge is 0.191 e. The largest absolute Gasteiger partial charge is 0.372 e. The number of oxime groups is 1. The van der Waals surface area contributed by atoms with Crippen molar-refractivity contribution in [3.8, 4) is 0 Å². The summed E-state index contributed by atoms with van der Waals surface area (Å²) >= 11 is 0. The van der Waals surface area contributed by atoms with E-state index < -0.39 is 0 Å². The van der Waals surface area contributed by atoms with Crippen molar-refractivity contribution in [2.24, 2.45) is 5.16 Å². The highest BCUT2D eigenvalue weighted by atomic mass is 16.7. The van der Waals surface area contributed by atoms with Crippen molar-refractivity contribution >= 4 is 5.84 Å². The summed E-state index contributed by atoms with van der Waals surface area (Å²) < 4.78 is 11.1. The molecule has 0 bridgehead atoms. The van der Waals surface area contributed by atoms with E-state index in [1.807, 2.05) is 6.92 Å². The Labute approximate surface area is 108 Å². The number of rotatable bonds is 6. The molecule has 1 unspecified atom stereocenters. The molecule has 0 aromatic carbocycles. The van der Waals surface area contributed by atoms with Crippen LogP contribution in [-0.4, -0.2) is 43.5 Å². The van der Waals surface area contributed by atoms with Crippen LogP contribution >= 0.6 is 0 Å². The van der Waals surface area contributed by atoms with Gasteiger partial charge in [-0.25, -0.2) is 0 Å². The molecule has 5 heteroatoms. The highest BCUT2D eigenvalue weighted by Crippen LogP contribution is 2.13. The van der Waals surface area contributed by atoms with Gasteiger partial charge in [0, 0.05) is 13.2 Å². The number of nitrogens with zero attached hydrogens (tertiary/aromatic N) is 2. The van der Waals surface area contributed by atoms with Crippen LogP contribution in [0.4, 0.5) is 0 Å². The lowest BCUT2D eigenvalue weighted by Crippen LogP contribution is -2.25. The predicted octanol–water partition coefficient (Wildman–Crippen LogP) is 2.10. The Morgan fingerprint density at radius 3 is 3.11 bits per heavy atom. The maximum absolute atomic E-state index is 5.64. The molecule has 0 aromatic heterocycles. The molecule has 2 rings (SSSR count). The molecule has 0 aromatic rings. The molecule has 102 valence electrons. The first-order chi connectivity index (χ1) is 8.86. The van der Waals surface area contributed by atoms with Crippen molar-refractivity contribution in [2.75, 3.05) is 26.5 Å². The van der Waals surface area contributed by atoms with E-state index in [1.54, 1.807) is 0 Å². The van der Waals surface area contributed by atoms with Crippen molar-refractivity contribution in [3.05, 3.63) is 12.2 Å². The molecule has 5 nitrogen and oxygen atoms in total. The summed E-state index contributed by atoms with van der Waals surface area (Å²) in [6.07, 6.45) is 8.61. The first-order valence-corrected chi connectivity index (χ1v) is 6.66. The Balaban J connectivity index is 1.51. The normalized spacial score (nSPS) is 24.4. The Bertz CT molecular complexity index is 299. The van der Waals surface area contributed by atoms with Crippen LogP contribution in [0.3, 0.4) is 0 Å². The molecule has 0 saturated carbocycles. The van der Waals surface area contributed by atoms with Crippen LogP contribution in [0, 0.1) is 0 Å². The third-order valence-electron chi connectivity index (χ3n) is 3.09. The average molecular weight is 254 g/mol. The van der Waals surface area contributed by atoms with Crippen molar-refractivity contribution < 1.29 is 14.3 Å². The molecule has 1 fully saturated rings. The first-order valence-electron chi connectivity index (χ1n) is 6.66. The van der Waals surface area contributed by atoms with Crippen molar-refractivity contribution in [2.45, 2.75) is 38.9 Å². The van der Waals surface area contributed by atoms with Crippen molar-refractivity contribution in [1.29, 1.82) is 0 Å². The van der Waals surface area contributed by atoms with E-state index in [0.717, 1.165) is 38.4 Å². The first kappa shape index (κ1) is 13.4. The summed E-state index contributed by atoms with van der Waals surface area (Å²) in [6, 6.07) is 0. The zero-order valence-corrected chi connectivity index (χ0v) is 11.0. The summed E-state index contributed by atoms with van der Waals surface area (Å²) in [4.78, 5) is 7.04. The molecular weight excluding hydrogens is 232 g/mol. The van der Waals surface area contributed by atoms with Crippen LogP contribution < -0.4 is 0 Å². The molecule has 0 aliphatic carbocycles. The summed E-state index contributed by atoms with van der Waals surface area (Å²) in [5.74, 6) is 0.937. The van der Waals surface area contributed by atoms with Gasteiger partial charge in [-0.05, 0) is 32.6 Å². The predicted molar refractivity (Wildman–Crippen MR) is 69.1 cm³/mol. The second kappa shape index (κ2) is 7.38. The average Bonchev–Trinajstić information content (AvgIpc) is 2.81. The summed E-state index contributed by atoms with van der Waals surface area (Å²) in [5.41, 5.74) is 0. The third kappa shape index (κ3) is 4.31. The lowest BCUT2D eigenvalue weighted by Gasteiger charge is -2.22. The van der Waals surface area contributed by atoms with Crippen molar-refractivity contribution in [3.63, 3.8) is 0 Å². The van der Waals surface area contributed by atoms with Crippen LogP contribution in [0.2, 0.25) is 0 Å². The quantitative estimate of drug-likeness (QED) is 0.538. The van der Waals surface area contributed by atoms with Gasteiger partial charge in [-0.2, -0.15) is 0 Å². The maximum atomic E-state index is 5.64. The second-order valence-electron chi connectivity index (χ2n) is 4.55. The third-order valence-corrected chi connectivity index (χ3v) is 3.09. The molecule has 1 atom stereocenters. The Morgan fingerprint density at radius 2 is 2.39 bits per heavy atom. The molecule has 2 aliphatic heterocycles. The Hall–Kier alpha value is -1.07. The molecule has 2 aliphatic rings. The van der Waals surface area contributed by atoms with E-state index in [9.17, 15) is 0 Å². The van der Waals surface area contributed by atoms with Gasteiger partial charge in [0.1, 0.15) is 5.84 Å². The maximum Gasteiger partial charge on any atom is 0.191 e. The molecular formula is C13H22N2O3. The van der Waals surface area contributed by atoms with Gasteiger partial charge >= 0.3 is 0 Å². The molecule has 0 N–H and O–H groups in total. The van der Waals surface area contributed by atoms with Crippen LogP contribution in [-0.2, 0) is 14.3 Å². The summed E-state index contributed by atoms with van der Waals surface area (Å²) in [7, 11) is 0. The highest BCUT2D eigenvalue weighted by molar-refractivity contribution is 5.79. The highest BCUT2D eigenvalue weighted by Gasteiger charge is 2.13. The second-order valence-corrected chi connectivity index (χ2v) is 4.55. The van der Waals surface area contributed by atoms with Crippen LogP contribution in [0.15, 0.2) is 17.3 Å². The fourth-order valence-electron chi connectivity index (χ4n) is 1.96. The van der Waals surface area contributed by atoms with E-state index in [1.165, 1.54) is 12.8 Å².